The van der Waals surface area contributed by atoms with Gasteiger partial charge in [0.15, 0.2) is 0 Å². The van der Waals surface area contributed by atoms with E-state index in [4.69, 9.17) is 0 Å². The summed E-state index contributed by atoms with van der Waals surface area (Å²) in [5, 5.41) is 0. The number of aryl methyl sites for hydroxylation is 1. The number of ether oxygens (including phenoxy) is 1. The molecule has 0 saturated heterocycles. The lowest BCUT2D eigenvalue weighted by Gasteiger charge is -1.89. The van der Waals surface area contributed by atoms with Crippen molar-refractivity contribution in [3.05, 3.63) is 35.9 Å². The Morgan fingerprint density at radius 3 is 1.83 bits per heavy atom. The van der Waals surface area contributed by atoms with Gasteiger partial charge in [-0.15, -0.1) is 0 Å². The fourth-order valence-corrected chi connectivity index (χ4v) is 0.714. The molecule has 0 aromatic heterocycles. The molecule has 0 unspecified atom stereocenters. The van der Waals surface area contributed by atoms with Gasteiger partial charge in [-0.2, -0.15) is 0 Å². The van der Waals surface area contributed by atoms with Gasteiger partial charge in [0.1, 0.15) is 0 Å². The molecule has 0 bridgehead atoms. The predicted octanol–water partition coefficient (Wildman–Crippen LogP) is 2.90. The number of hydrogen-bond acceptors (Lipinski definition) is 1. The van der Waals surface area contributed by atoms with Crippen LogP contribution in [0.5, 0.6) is 0 Å². The quantitative estimate of drug-likeness (QED) is 0.656. The Bertz CT molecular complexity index is 168. The highest BCUT2D eigenvalue weighted by Crippen LogP contribution is 1.96. The van der Waals surface area contributed by atoms with Gasteiger partial charge in [0, 0.05) is 13.7 Å². The van der Waals surface area contributed by atoms with Crippen LogP contribution < -0.4 is 0 Å². The normalized spacial score (nSPS) is 8.58. The molecule has 12 heavy (non-hydrogen) atoms. The summed E-state index contributed by atoms with van der Waals surface area (Å²) >= 11 is 0. The Balaban J connectivity index is 0.000000261. The van der Waals surface area contributed by atoms with E-state index in [0.717, 1.165) is 13.0 Å². The Morgan fingerprint density at radius 2 is 1.58 bits per heavy atom. The van der Waals surface area contributed by atoms with E-state index in [1.807, 2.05) is 13.0 Å². The van der Waals surface area contributed by atoms with Gasteiger partial charge in [-0.1, -0.05) is 37.3 Å². The Kier molecular flexibility index (Phi) is 7.71. The third-order valence-corrected chi connectivity index (χ3v) is 1.54. The maximum absolute atomic E-state index is 4.54. The SMILES string of the molecule is CCOC.CCc1ccccc1. The highest BCUT2D eigenvalue weighted by molar-refractivity contribution is 5.13. The fourth-order valence-electron chi connectivity index (χ4n) is 0.714. The zero-order valence-electron chi connectivity index (χ0n) is 8.21. The smallest absolute Gasteiger partial charge is 0.0433 e. The Labute approximate surface area is 75.4 Å². The fraction of sp³-hybridized carbons (Fsp3) is 0.455. The molecular weight excluding hydrogens is 148 g/mol. The van der Waals surface area contributed by atoms with Crippen LogP contribution in [0.2, 0.25) is 0 Å². The molecule has 0 aliphatic rings. The number of benzene rings is 1. The van der Waals surface area contributed by atoms with E-state index in [-0.39, 0.29) is 0 Å². The molecule has 0 N–H and O–H groups in total. The van der Waals surface area contributed by atoms with Crippen LogP contribution >= 0.6 is 0 Å². The molecule has 0 radical (unpaired) electrons. The minimum Gasteiger partial charge on any atom is -0.385 e. The first-order chi connectivity index (χ1) is 5.85. The van der Waals surface area contributed by atoms with Gasteiger partial charge in [-0.05, 0) is 18.9 Å². The average Bonchev–Trinajstić information content (AvgIpc) is 2.19. The van der Waals surface area contributed by atoms with Gasteiger partial charge in [-0.3, -0.25) is 0 Å². The molecule has 0 spiro atoms. The van der Waals surface area contributed by atoms with E-state index in [9.17, 15) is 0 Å². The second-order valence-electron chi connectivity index (χ2n) is 2.42. The summed E-state index contributed by atoms with van der Waals surface area (Å²) in [4.78, 5) is 0. The standard InChI is InChI=1S/C8H10.C3H8O/c1-2-8-6-4-3-5-7-8;1-3-4-2/h3-7H,2H2,1H3;3H2,1-2H3. The van der Waals surface area contributed by atoms with Gasteiger partial charge in [0.2, 0.25) is 0 Å². The molecule has 1 rings (SSSR count). The van der Waals surface area contributed by atoms with E-state index in [0.29, 0.717) is 0 Å². The highest BCUT2D eigenvalue weighted by atomic mass is 16.5. The van der Waals surface area contributed by atoms with Crippen LogP contribution in [0.3, 0.4) is 0 Å². The van der Waals surface area contributed by atoms with Crippen LogP contribution in [0.1, 0.15) is 19.4 Å². The second-order valence-corrected chi connectivity index (χ2v) is 2.42. The maximum atomic E-state index is 4.54. The summed E-state index contributed by atoms with van der Waals surface area (Å²) in [7, 11) is 1.68. The van der Waals surface area contributed by atoms with Crippen molar-refractivity contribution in [3.63, 3.8) is 0 Å². The summed E-state index contributed by atoms with van der Waals surface area (Å²) in [6.45, 7) is 4.94. The Hall–Kier alpha value is -0.820. The number of hydrogen-bond donors (Lipinski definition) is 0. The molecule has 1 nitrogen and oxygen atoms in total. The van der Waals surface area contributed by atoms with Crippen molar-refractivity contribution in [2.75, 3.05) is 13.7 Å². The van der Waals surface area contributed by atoms with E-state index in [1.54, 1.807) is 7.11 Å². The highest BCUT2D eigenvalue weighted by Gasteiger charge is 1.79. The lowest BCUT2D eigenvalue weighted by molar-refractivity contribution is 0.215. The topological polar surface area (TPSA) is 9.23 Å². The third-order valence-electron chi connectivity index (χ3n) is 1.54. The van der Waals surface area contributed by atoms with E-state index in [1.165, 1.54) is 5.56 Å². The van der Waals surface area contributed by atoms with E-state index < -0.39 is 0 Å². The summed E-state index contributed by atoms with van der Waals surface area (Å²) in [6.07, 6.45) is 1.14. The third kappa shape index (κ3) is 5.93. The zero-order valence-corrected chi connectivity index (χ0v) is 8.21. The zero-order chi connectivity index (χ0) is 9.23. The van der Waals surface area contributed by atoms with E-state index in [2.05, 4.69) is 35.9 Å². The molecular formula is C11H18O. The average molecular weight is 166 g/mol. The second kappa shape index (κ2) is 8.28. The minimum atomic E-state index is 0.819. The van der Waals surface area contributed by atoms with Crippen LogP contribution in [0.15, 0.2) is 30.3 Å². The van der Waals surface area contributed by atoms with Gasteiger partial charge >= 0.3 is 0 Å². The first-order valence-electron chi connectivity index (χ1n) is 4.38. The minimum absolute atomic E-state index is 0.819. The van der Waals surface area contributed by atoms with Gasteiger partial charge in [0.25, 0.3) is 0 Å². The van der Waals surface area contributed by atoms with E-state index >= 15 is 0 Å². The molecule has 0 saturated carbocycles. The molecule has 0 heterocycles. The molecule has 0 atom stereocenters. The Morgan fingerprint density at radius 1 is 1.08 bits per heavy atom. The van der Waals surface area contributed by atoms with Crippen LogP contribution in [-0.2, 0) is 11.2 Å². The van der Waals surface area contributed by atoms with Gasteiger partial charge in [-0.25, -0.2) is 0 Å². The van der Waals surface area contributed by atoms with Crippen LogP contribution in [0, 0.1) is 0 Å². The summed E-state index contributed by atoms with van der Waals surface area (Å²) in [5.41, 5.74) is 1.41. The van der Waals surface area contributed by atoms with Crippen molar-refractivity contribution in [1.29, 1.82) is 0 Å². The molecule has 1 aromatic carbocycles. The van der Waals surface area contributed by atoms with Crippen molar-refractivity contribution < 1.29 is 4.74 Å². The van der Waals surface area contributed by atoms with Gasteiger partial charge < -0.3 is 4.74 Å². The first-order valence-corrected chi connectivity index (χ1v) is 4.38. The lowest BCUT2D eigenvalue weighted by atomic mass is 10.2. The van der Waals surface area contributed by atoms with Crippen molar-refractivity contribution in [1.82, 2.24) is 0 Å². The summed E-state index contributed by atoms with van der Waals surface area (Å²) < 4.78 is 4.54. The molecule has 0 amide bonds. The molecule has 1 aromatic rings. The largest absolute Gasteiger partial charge is 0.385 e. The molecule has 68 valence electrons. The van der Waals surface area contributed by atoms with Crippen molar-refractivity contribution in [3.8, 4) is 0 Å². The maximum Gasteiger partial charge on any atom is 0.0433 e. The van der Waals surface area contributed by atoms with Crippen LogP contribution in [0.4, 0.5) is 0 Å². The molecule has 1 heteroatoms. The van der Waals surface area contributed by atoms with Crippen LogP contribution in [0.25, 0.3) is 0 Å². The number of methoxy groups -OCH3 is 1. The first kappa shape index (κ1) is 11.2. The van der Waals surface area contributed by atoms with Crippen molar-refractivity contribution >= 4 is 0 Å². The van der Waals surface area contributed by atoms with Crippen LogP contribution in [-0.4, -0.2) is 13.7 Å². The summed E-state index contributed by atoms with van der Waals surface area (Å²) in [6, 6.07) is 10.5. The molecule has 0 fully saturated rings. The van der Waals surface area contributed by atoms with Crippen molar-refractivity contribution in [2.45, 2.75) is 20.3 Å². The predicted molar refractivity (Wildman–Crippen MR) is 53.4 cm³/mol. The van der Waals surface area contributed by atoms with Crippen molar-refractivity contribution in [2.24, 2.45) is 0 Å². The summed E-state index contributed by atoms with van der Waals surface area (Å²) in [5.74, 6) is 0. The molecule has 0 aliphatic carbocycles. The molecule has 0 aliphatic heterocycles. The van der Waals surface area contributed by atoms with Gasteiger partial charge in [0.05, 0.1) is 0 Å². The monoisotopic (exact) mass is 166 g/mol. The number of rotatable bonds is 2. The lowest BCUT2D eigenvalue weighted by Crippen LogP contribution is -1.73.